The first-order valence-corrected chi connectivity index (χ1v) is 7.37. The minimum absolute atomic E-state index is 0.206. The molecule has 0 aromatic heterocycles. The van der Waals surface area contributed by atoms with Gasteiger partial charge in [0.25, 0.3) is 0 Å². The number of carbonyl (C=O) groups excluding carboxylic acids is 1. The van der Waals surface area contributed by atoms with E-state index in [1.165, 1.54) is 0 Å². The van der Waals surface area contributed by atoms with E-state index in [-0.39, 0.29) is 12.1 Å². The van der Waals surface area contributed by atoms with Crippen LogP contribution in [0.3, 0.4) is 0 Å². The molecule has 0 atom stereocenters. The second kappa shape index (κ2) is 8.07. The molecule has 1 saturated heterocycles. The van der Waals surface area contributed by atoms with Gasteiger partial charge in [-0.2, -0.15) is 0 Å². The normalized spacial score (nSPS) is 16.4. The summed E-state index contributed by atoms with van der Waals surface area (Å²) in [4.78, 5) is 17.9. The standard InChI is InChI=1S/C14H28N4O3/c1-6-15-12(16-7-8-20-5)17-11-9-18(10-11)13(19)21-14(2,3)4/h11H,6-10H2,1-5H3,(H2,15,16,17). The number of methoxy groups -OCH3 is 1. The van der Waals surface area contributed by atoms with E-state index in [2.05, 4.69) is 15.6 Å². The molecule has 2 N–H and O–H groups in total. The highest BCUT2D eigenvalue weighted by molar-refractivity contribution is 5.80. The molecular weight excluding hydrogens is 272 g/mol. The van der Waals surface area contributed by atoms with Crippen molar-refractivity contribution in [1.82, 2.24) is 15.5 Å². The highest BCUT2D eigenvalue weighted by Crippen LogP contribution is 2.15. The van der Waals surface area contributed by atoms with Crippen LogP contribution in [0.25, 0.3) is 0 Å². The van der Waals surface area contributed by atoms with Crippen LogP contribution in [0.15, 0.2) is 4.99 Å². The minimum atomic E-state index is -0.452. The molecule has 7 nitrogen and oxygen atoms in total. The van der Waals surface area contributed by atoms with Crippen LogP contribution in [0.1, 0.15) is 27.7 Å². The quantitative estimate of drug-likeness (QED) is 0.446. The monoisotopic (exact) mass is 300 g/mol. The molecule has 0 bridgehead atoms. The van der Waals surface area contributed by atoms with Gasteiger partial charge in [-0.1, -0.05) is 0 Å². The van der Waals surface area contributed by atoms with Crippen molar-refractivity contribution in [2.45, 2.75) is 39.3 Å². The van der Waals surface area contributed by atoms with E-state index in [0.717, 1.165) is 12.5 Å². The Hall–Kier alpha value is -1.50. The Morgan fingerprint density at radius 1 is 1.38 bits per heavy atom. The molecule has 0 aromatic carbocycles. The van der Waals surface area contributed by atoms with Gasteiger partial charge in [-0.3, -0.25) is 4.99 Å². The summed E-state index contributed by atoms with van der Waals surface area (Å²) in [6, 6.07) is 0.206. The average molecular weight is 300 g/mol. The van der Waals surface area contributed by atoms with E-state index in [4.69, 9.17) is 9.47 Å². The summed E-state index contributed by atoms with van der Waals surface area (Å²) in [6.07, 6.45) is -0.262. The third-order valence-electron chi connectivity index (χ3n) is 2.78. The minimum Gasteiger partial charge on any atom is -0.444 e. The number of carbonyl (C=O) groups is 1. The molecule has 0 spiro atoms. The number of amides is 1. The predicted octanol–water partition coefficient (Wildman–Crippen LogP) is 0.807. The SMILES string of the molecule is CCNC(=NCCOC)NC1CN(C(=O)OC(C)(C)C)C1. The fraction of sp³-hybridized carbons (Fsp3) is 0.857. The second-order valence-electron chi connectivity index (χ2n) is 5.98. The predicted molar refractivity (Wildman–Crippen MR) is 82.6 cm³/mol. The van der Waals surface area contributed by atoms with Gasteiger partial charge in [0.2, 0.25) is 0 Å². The van der Waals surface area contributed by atoms with Gasteiger partial charge in [0, 0.05) is 26.7 Å². The molecule has 0 unspecified atom stereocenters. The third-order valence-corrected chi connectivity index (χ3v) is 2.78. The molecule has 1 heterocycles. The Morgan fingerprint density at radius 3 is 2.57 bits per heavy atom. The summed E-state index contributed by atoms with van der Waals surface area (Å²) in [5.41, 5.74) is -0.452. The molecule has 1 aliphatic rings. The summed E-state index contributed by atoms with van der Waals surface area (Å²) in [5, 5.41) is 6.47. The Bertz CT molecular complexity index is 360. The maximum Gasteiger partial charge on any atom is 0.410 e. The van der Waals surface area contributed by atoms with Crippen molar-refractivity contribution in [1.29, 1.82) is 0 Å². The average Bonchev–Trinajstić information content (AvgIpc) is 2.30. The van der Waals surface area contributed by atoms with Crippen molar-refractivity contribution < 1.29 is 14.3 Å². The van der Waals surface area contributed by atoms with Crippen molar-refractivity contribution in [2.75, 3.05) is 39.9 Å². The van der Waals surface area contributed by atoms with E-state index >= 15 is 0 Å². The lowest BCUT2D eigenvalue weighted by atomic mass is 10.1. The fourth-order valence-corrected chi connectivity index (χ4v) is 1.81. The molecule has 1 amide bonds. The lowest BCUT2D eigenvalue weighted by Crippen LogP contribution is -2.63. The van der Waals surface area contributed by atoms with Crippen LogP contribution >= 0.6 is 0 Å². The molecule has 1 fully saturated rings. The molecule has 7 heteroatoms. The number of aliphatic imine (C=N–C) groups is 1. The Kier molecular flexibility index (Phi) is 6.74. The summed E-state index contributed by atoms with van der Waals surface area (Å²) in [6.45, 7) is 10.9. The highest BCUT2D eigenvalue weighted by atomic mass is 16.6. The van der Waals surface area contributed by atoms with Gasteiger partial charge in [0.05, 0.1) is 19.2 Å². The largest absolute Gasteiger partial charge is 0.444 e. The highest BCUT2D eigenvalue weighted by Gasteiger charge is 2.34. The molecule has 21 heavy (non-hydrogen) atoms. The Morgan fingerprint density at radius 2 is 2.05 bits per heavy atom. The van der Waals surface area contributed by atoms with Gasteiger partial charge < -0.3 is 25.0 Å². The lowest BCUT2D eigenvalue weighted by molar-refractivity contribution is 0.00701. The molecule has 1 aliphatic heterocycles. The van der Waals surface area contributed by atoms with E-state index in [1.54, 1.807) is 12.0 Å². The third kappa shape index (κ3) is 6.66. The van der Waals surface area contributed by atoms with E-state index < -0.39 is 5.60 Å². The van der Waals surface area contributed by atoms with Crippen LogP contribution in [0.2, 0.25) is 0 Å². The van der Waals surface area contributed by atoms with Gasteiger partial charge in [-0.05, 0) is 27.7 Å². The van der Waals surface area contributed by atoms with Crippen LogP contribution in [-0.4, -0.2) is 68.5 Å². The number of guanidine groups is 1. The van der Waals surface area contributed by atoms with E-state index in [0.29, 0.717) is 26.2 Å². The van der Waals surface area contributed by atoms with Crippen molar-refractivity contribution in [3.8, 4) is 0 Å². The van der Waals surface area contributed by atoms with Crippen LogP contribution in [0.5, 0.6) is 0 Å². The Balaban J connectivity index is 2.34. The molecular formula is C14H28N4O3. The van der Waals surface area contributed by atoms with Gasteiger partial charge in [-0.15, -0.1) is 0 Å². The zero-order valence-electron chi connectivity index (χ0n) is 13.7. The number of ether oxygens (including phenoxy) is 2. The van der Waals surface area contributed by atoms with Crippen LogP contribution in [0.4, 0.5) is 4.79 Å². The van der Waals surface area contributed by atoms with Crippen LogP contribution in [-0.2, 0) is 9.47 Å². The van der Waals surface area contributed by atoms with Crippen molar-refractivity contribution in [2.24, 2.45) is 4.99 Å². The van der Waals surface area contributed by atoms with Crippen LogP contribution in [0, 0.1) is 0 Å². The van der Waals surface area contributed by atoms with Crippen LogP contribution < -0.4 is 10.6 Å². The number of nitrogens with zero attached hydrogens (tertiary/aromatic N) is 2. The topological polar surface area (TPSA) is 75.2 Å². The molecule has 122 valence electrons. The zero-order chi connectivity index (χ0) is 15.9. The molecule has 0 aromatic rings. The van der Waals surface area contributed by atoms with Gasteiger partial charge in [0.1, 0.15) is 5.60 Å². The Labute approximate surface area is 127 Å². The van der Waals surface area contributed by atoms with Gasteiger partial charge >= 0.3 is 6.09 Å². The smallest absolute Gasteiger partial charge is 0.410 e. The zero-order valence-corrected chi connectivity index (χ0v) is 13.7. The molecule has 0 radical (unpaired) electrons. The number of rotatable bonds is 5. The maximum absolute atomic E-state index is 11.8. The second-order valence-corrected chi connectivity index (χ2v) is 5.98. The summed E-state index contributed by atoms with van der Waals surface area (Å²) in [5.74, 6) is 0.753. The first-order valence-electron chi connectivity index (χ1n) is 7.37. The van der Waals surface area contributed by atoms with Gasteiger partial charge in [0.15, 0.2) is 5.96 Å². The molecule has 0 saturated carbocycles. The number of nitrogens with one attached hydrogen (secondary N) is 2. The summed E-state index contributed by atoms with van der Waals surface area (Å²) in [7, 11) is 1.65. The van der Waals surface area contributed by atoms with Gasteiger partial charge in [-0.25, -0.2) is 4.79 Å². The molecule has 1 rings (SSSR count). The number of hydrogen-bond donors (Lipinski definition) is 2. The van der Waals surface area contributed by atoms with Crippen molar-refractivity contribution >= 4 is 12.1 Å². The van der Waals surface area contributed by atoms with E-state index in [9.17, 15) is 4.79 Å². The lowest BCUT2D eigenvalue weighted by Gasteiger charge is -2.40. The number of likely N-dealkylation sites (tertiary alicyclic amines) is 1. The summed E-state index contributed by atoms with van der Waals surface area (Å²) < 4.78 is 10.3. The molecule has 0 aliphatic carbocycles. The van der Waals surface area contributed by atoms with E-state index in [1.807, 2.05) is 27.7 Å². The summed E-state index contributed by atoms with van der Waals surface area (Å²) >= 11 is 0. The van der Waals surface area contributed by atoms with Crippen molar-refractivity contribution in [3.63, 3.8) is 0 Å². The maximum atomic E-state index is 11.8. The van der Waals surface area contributed by atoms with Crippen molar-refractivity contribution in [3.05, 3.63) is 0 Å². The first-order chi connectivity index (χ1) is 9.85. The fourth-order valence-electron chi connectivity index (χ4n) is 1.81. The number of hydrogen-bond acceptors (Lipinski definition) is 4. The first kappa shape index (κ1) is 17.6.